The van der Waals surface area contributed by atoms with E-state index < -0.39 is 0 Å². The Morgan fingerprint density at radius 2 is 1.97 bits per heavy atom. The maximum absolute atomic E-state index is 9.58. The molecule has 0 aliphatic rings. The second-order valence-corrected chi connectivity index (χ2v) is 7.53. The number of nitriles is 1. The van der Waals surface area contributed by atoms with Crippen molar-refractivity contribution in [2.75, 3.05) is 12.4 Å². The van der Waals surface area contributed by atoms with Crippen molar-refractivity contribution in [1.82, 2.24) is 19.5 Å². The van der Waals surface area contributed by atoms with Gasteiger partial charge in [-0.1, -0.05) is 12.1 Å². The number of imidazole rings is 1. The smallest absolute Gasteiger partial charge is 0.191 e. The largest absolute Gasteiger partial charge is 0.497 e. The molecule has 0 unspecified atom stereocenters. The van der Waals surface area contributed by atoms with Crippen LogP contribution in [-0.2, 0) is 7.05 Å². The molecule has 0 fully saturated rings. The summed E-state index contributed by atoms with van der Waals surface area (Å²) >= 11 is 0. The Hall–Kier alpha value is -4.64. The zero-order valence-electron chi connectivity index (χ0n) is 18.3. The third kappa shape index (κ3) is 3.77. The van der Waals surface area contributed by atoms with Gasteiger partial charge >= 0.3 is 0 Å². The maximum atomic E-state index is 9.58. The number of nitrogens with zero attached hydrogens (tertiary/aromatic N) is 5. The average Bonchev–Trinajstić information content (AvgIpc) is 3.43. The van der Waals surface area contributed by atoms with Crippen LogP contribution in [0.3, 0.4) is 0 Å². The minimum Gasteiger partial charge on any atom is -0.497 e. The molecule has 5 rings (SSSR count). The van der Waals surface area contributed by atoms with E-state index in [9.17, 15) is 5.26 Å². The van der Waals surface area contributed by atoms with E-state index in [1.54, 1.807) is 32.5 Å². The van der Waals surface area contributed by atoms with Crippen molar-refractivity contribution in [3.8, 4) is 34.7 Å². The third-order valence-electron chi connectivity index (χ3n) is 5.36. The van der Waals surface area contributed by atoms with Crippen molar-refractivity contribution >= 4 is 22.4 Å². The van der Waals surface area contributed by atoms with Crippen LogP contribution in [0.15, 0.2) is 65.3 Å². The number of anilines is 2. The van der Waals surface area contributed by atoms with Crippen molar-refractivity contribution in [3.05, 3.63) is 72.4 Å². The molecule has 0 aliphatic heterocycles. The Kier molecular flexibility index (Phi) is 4.99. The summed E-state index contributed by atoms with van der Waals surface area (Å²) in [6.07, 6.45) is 3.36. The molecule has 1 N–H and O–H groups in total. The van der Waals surface area contributed by atoms with Gasteiger partial charge in [0.15, 0.2) is 11.7 Å². The van der Waals surface area contributed by atoms with Gasteiger partial charge in [0, 0.05) is 19.5 Å². The molecule has 3 heterocycles. The summed E-state index contributed by atoms with van der Waals surface area (Å²) in [7, 11) is 3.57. The number of pyridine rings is 1. The fourth-order valence-corrected chi connectivity index (χ4v) is 3.72. The second kappa shape index (κ2) is 8.13. The molecule has 3 aromatic heterocycles. The summed E-state index contributed by atoms with van der Waals surface area (Å²) in [4.78, 5) is 13.5. The molecule has 0 amide bonds. The lowest BCUT2D eigenvalue weighted by Crippen LogP contribution is -1.95. The Morgan fingerprint density at radius 1 is 1.09 bits per heavy atom. The average molecular weight is 436 g/mol. The van der Waals surface area contributed by atoms with Gasteiger partial charge < -0.3 is 19.0 Å². The van der Waals surface area contributed by atoms with Crippen molar-refractivity contribution in [2.24, 2.45) is 7.05 Å². The van der Waals surface area contributed by atoms with E-state index in [1.807, 2.05) is 54.1 Å². The lowest BCUT2D eigenvalue weighted by atomic mass is 10.1. The van der Waals surface area contributed by atoms with Gasteiger partial charge in [-0.25, -0.2) is 9.97 Å². The molecule has 0 atom stereocenters. The van der Waals surface area contributed by atoms with Gasteiger partial charge in [0.2, 0.25) is 0 Å². The van der Waals surface area contributed by atoms with Crippen molar-refractivity contribution in [2.45, 2.75) is 6.92 Å². The highest BCUT2D eigenvalue weighted by molar-refractivity contribution is 5.94. The number of oxazole rings is 1. The first-order valence-corrected chi connectivity index (χ1v) is 10.3. The van der Waals surface area contributed by atoms with Crippen LogP contribution in [0, 0.1) is 18.3 Å². The first-order chi connectivity index (χ1) is 16.1. The number of aromatic nitrogens is 4. The van der Waals surface area contributed by atoms with Gasteiger partial charge in [-0.2, -0.15) is 5.26 Å². The Balaban J connectivity index is 1.55. The molecule has 0 radical (unpaired) electrons. The van der Waals surface area contributed by atoms with E-state index in [-0.39, 0.29) is 0 Å². The molecule has 0 bridgehead atoms. The number of methoxy groups -OCH3 is 1. The zero-order chi connectivity index (χ0) is 22.9. The highest BCUT2D eigenvalue weighted by Gasteiger charge is 2.16. The number of nitrogens with one attached hydrogen (secondary N) is 1. The first kappa shape index (κ1) is 20.3. The molecular formula is C25H20N6O2. The Morgan fingerprint density at radius 3 is 2.67 bits per heavy atom. The quantitative estimate of drug-likeness (QED) is 0.403. The first-order valence-electron chi connectivity index (χ1n) is 10.3. The summed E-state index contributed by atoms with van der Waals surface area (Å²) < 4.78 is 12.9. The summed E-state index contributed by atoms with van der Waals surface area (Å²) in [6.45, 7) is 1.79. The van der Waals surface area contributed by atoms with Crippen LogP contribution in [0.2, 0.25) is 0 Å². The highest BCUT2D eigenvalue weighted by atomic mass is 16.5. The summed E-state index contributed by atoms with van der Waals surface area (Å²) in [5, 5.41) is 12.9. The molecule has 5 aromatic rings. The van der Waals surface area contributed by atoms with E-state index in [0.717, 1.165) is 39.5 Å². The van der Waals surface area contributed by atoms with Crippen molar-refractivity contribution in [3.63, 3.8) is 0 Å². The number of ether oxygens (including phenoxy) is 1. The van der Waals surface area contributed by atoms with Gasteiger partial charge in [-0.05, 0) is 36.4 Å². The molecule has 0 saturated carbocycles. The van der Waals surface area contributed by atoms with Gasteiger partial charge in [-0.15, -0.1) is 0 Å². The number of benzene rings is 2. The summed E-state index contributed by atoms with van der Waals surface area (Å²) in [5.41, 5.74) is 5.23. The number of rotatable bonds is 5. The fraction of sp³-hybridized carbons (Fsp3) is 0.120. The SMILES string of the molecule is COc1cccc(-c2nc3c(Nc4ccc(-c5cnc(C)o5)nc4)cc(C#N)cc3n2C)c1. The lowest BCUT2D eigenvalue weighted by molar-refractivity contribution is 0.415. The summed E-state index contributed by atoms with van der Waals surface area (Å²) in [5.74, 6) is 2.73. The van der Waals surface area contributed by atoms with Crippen LogP contribution in [0.1, 0.15) is 11.5 Å². The van der Waals surface area contributed by atoms with Crippen LogP contribution in [-0.4, -0.2) is 26.6 Å². The Labute approximate surface area is 190 Å². The van der Waals surface area contributed by atoms with Crippen LogP contribution >= 0.6 is 0 Å². The molecular weight excluding hydrogens is 416 g/mol. The Bertz CT molecular complexity index is 1510. The van der Waals surface area contributed by atoms with E-state index in [0.29, 0.717) is 22.9 Å². The van der Waals surface area contributed by atoms with Crippen LogP contribution in [0.4, 0.5) is 11.4 Å². The minimum absolute atomic E-state index is 0.534. The standard InChI is InChI=1S/C25H20N6O2/c1-15-27-14-23(33-15)20-8-7-18(13-28-20)29-21-9-16(12-26)10-22-24(21)30-25(31(22)2)17-5-4-6-19(11-17)32-3/h4-11,13-14,29H,1-3H3. The van der Waals surface area contributed by atoms with E-state index >= 15 is 0 Å². The molecule has 2 aromatic carbocycles. The van der Waals surface area contributed by atoms with Crippen LogP contribution < -0.4 is 10.1 Å². The highest BCUT2D eigenvalue weighted by Crippen LogP contribution is 2.32. The fourth-order valence-electron chi connectivity index (χ4n) is 3.72. The monoisotopic (exact) mass is 436 g/mol. The van der Waals surface area contributed by atoms with E-state index in [2.05, 4.69) is 21.4 Å². The topological polar surface area (TPSA) is 102 Å². The second-order valence-electron chi connectivity index (χ2n) is 7.53. The molecule has 0 aliphatic carbocycles. The van der Waals surface area contributed by atoms with Crippen LogP contribution in [0.5, 0.6) is 5.75 Å². The molecule has 33 heavy (non-hydrogen) atoms. The van der Waals surface area contributed by atoms with Gasteiger partial charge in [0.25, 0.3) is 0 Å². The summed E-state index contributed by atoms with van der Waals surface area (Å²) in [6, 6.07) is 17.4. The van der Waals surface area contributed by atoms with E-state index in [4.69, 9.17) is 14.1 Å². The number of hydrogen-bond donors (Lipinski definition) is 1. The predicted octanol–water partition coefficient (Wildman–Crippen LogP) is 5.22. The van der Waals surface area contributed by atoms with Gasteiger partial charge in [0.05, 0.1) is 48.0 Å². The lowest BCUT2D eigenvalue weighted by Gasteiger charge is -2.08. The van der Waals surface area contributed by atoms with Gasteiger partial charge in [-0.3, -0.25) is 4.98 Å². The third-order valence-corrected chi connectivity index (χ3v) is 5.36. The number of aryl methyl sites for hydroxylation is 2. The van der Waals surface area contributed by atoms with Crippen LogP contribution in [0.25, 0.3) is 33.9 Å². The molecule has 0 spiro atoms. The molecule has 8 nitrogen and oxygen atoms in total. The number of fused-ring (bicyclic) bond motifs is 1. The van der Waals surface area contributed by atoms with E-state index in [1.165, 1.54) is 0 Å². The molecule has 162 valence electrons. The van der Waals surface area contributed by atoms with Crippen molar-refractivity contribution in [1.29, 1.82) is 5.26 Å². The maximum Gasteiger partial charge on any atom is 0.191 e. The minimum atomic E-state index is 0.534. The number of hydrogen-bond acceptors (Lipinski definition) is 7. The molecule has 0 saturated heterocycles. The van der Waals surface area contributed by atoms with Gasteiger partial charge in [0.1, 0.15) is 22.8 Å². The predicted molar refractivity (Wildman–Crippen MR) is 125 cm³/mol. The molecule has 8 heteroatoms. The zero-order valence-corrected chi connectivity index (χ0v) is 18.3. The van der Waals surface area contributed by atoms with Crippen molar-refractivity contribution < 1.29 is 9.15 Å². The normalized spacial score (nSPS) is 10.8.